The second-order valence-electron chi connectivity index (χ2n) is 8.32. The van der Waals surface area contributed by atoms with Crippen molar-refractivity contribution in [3.63, 3.8) is 0 Å². The van der Waals surface area contributed by atoms with Gasteiger partial charge in [-0.15, -0.1) is 0 Å². The van der Waals surface area contributed by atoms with Crippen LogP contribution in [0.3, 0.4) is 0 Å². The Hall–Kier alpha value is -1.05. The predicted octanol–water partition coefficient (Wildman–Crippen LogP) is 5.45. The Morgan fingerprint density at radius 2 is 2.14 bits per heavy atom. The summed E-state index contributed by atoms with van der Waals surface area (Å²) >= 11 is 0. The van der Waals surface area contributed by atoms with Gasteiger partial charge in [-0.05, 0) is 61.2 Å². The van der Waals surface area contributed by atoms with Gasteiger partial charge in [0.15, 0.2) is 0 Å². The Balaban J connectivity index is 2.17. The molecule has 0 aromatic rings. The molecule has 124 valence electrons. The van der Waals surface area contributed by atoms with E-state index < -0.39 is 5.97 Å². The van der Waals surface area contributed by atoms with Gasteiger partial charge in [-0.2, -0.15) is 0 Å². The maximum Gasteiger partial charge on any atom is 0.303 e. The Bertz CT molecular complexity index is 490. The maximum absolute atomic E-state index is 10.9. The van der Waals surface area contributed by atoms with Crippen LogP contribution in [0.25, 0.3) is 0 Å². The minimum Gasteiger partial charge on any atom is -0.481 e. The molecule has 0 aliphatic heterocycles. The third-order valence-electron chi connectivity index (χ3n) is 6.87. The molecule has 0 heterocycles. The quantitative estimate of drug-likeness (QED) is 0.733. The highest BCUT2D eigenvalue weighted by molar-refractivity contribution is 5.66. The van der Waals surface area contributed by atoms with Crippen molar-refractivity contribution in [3.8, 4) is 0 Å². The Labute approximate surface area is 135 Å². The zero-order valence-corrected chi connectivity index (χ0v) is 14.9. The highest BCUT2D eigenvalue weighted by Crippen LogP contribution is 2.60. The molecule has 2 aliphatic carbocycles. The lowest BCUT2D eigenvalue weighted by atomic mass is 9.48. The summed E-state index contributed by atoms with van der Waals surface area (Å²) in [5.74, 6) is 0.860. The van der Waals surface area contributed by atoms with Crippen LogP contribution < -0.4 is 0 Å². The van der Waals surface area contributed by atoms with Crippen molar-refractivity contribution in [1.82, 2.24) is 0 Å². The summed E-state index contributed by atoms with van der Waals surface area (Å²) in [5.41, 5.74) is 2.06. The van der Waals surface area contributed by atoms with E-state index in [-0.39, 0.29) is 16.7 Å². The van der Waals surface area contributed by atoms with Crippen molar-refractivity contribution < 1.29 is 9.90 Å². The van der Waals surface area contributed by atoms with Gasteiger partial charge in [0.25, 0.3) is 0 Å². The highest BCUT2D eigenvalue weighted by Gasteiger charge is 2.51. The van der Waals surface area contributed by atoms with Crippen molar-refractivity contribution >= 4 is 5.97 Å². The molecule has 2 rings (SSSR count). The minimum atomic E-state index is -0.671. The molecule has 5 atom stereocenters. The molecule has 2 aliphatic rings. The first-order valence-corrected chi connectivity index (χ1v) is 8.77. The number of hydrogen-bond donors (Lipinski definition) is 1. The Morgan fingerprint density at radius 3 is 2.77 bits per heavy atom. The molecular weight excluding hydrogens is 272 g/mol. The van der Waals surface area contributed by atoms with Crippen LogP contribution in [0.15, 0.2) is 23.8 Å². The van der Waals surface area contributed by atoms with Crippen molar-refractivity contribution in [2.45, 2.75) is 66.7 Å². The van der Waals surface area contributed by atoms with Crippen LogP contribution in [-0.4, -0.2) is 11.1 Å². The lowest BCUT2D eigenvalue weighted by molar-refractivity contribution is -0.138. The molecule has 1 fully saturated rings. The summed E-state index contributed by atoms with van der Waals surface area (Å²) < 4.78 is 0. The van der Waals surface area contributed by atoms with Crippen LogP contribution in [0.2, 0.25) is 0 Å². The molecule has 0 aromatic heterocycles. The normalized spacial score (nSPS) is 39.0. The fraction of sp³-hybridized carbons (Fsp3) is 0.750. The van der Waals surface area contributed by atoms with E-state index in [1.807, 2.05) is 0 Å². The standard InChI is InChI=1S/C20H32O2/c1-14(13-18(21)22)9-11-19(4)16(3)10-12-20(5)15(2)7-6-8-17(19)20/h6-8,14,16-17H,9-13H2,1-5H3,(H,21,22)/t14-,16-,17-,19+,20+/m1/s1. The van der Waals surface area contributed by atoms with E-state index in [1.54, 1.807) is 0 Å². The van der Waals surface area contributed by atoms with E-state index in [0.717, 1.165) is 12.8 Å². The molecule has 0 saturated heterocycles. The van der Waals surface area contributed by atoms with Gasteiger partial charge in [-0.25, -0.2) is 0 Å². The van der Waals surface area contributed by atoms with E-state index in [4.69, 9.17) is 5.11 Å². The van der Waals surface area contributed by atoms with Crippen molar-refractivity contribution in [2.75, 3.05) is 0 Å². The number of aliphatic carboxylic acids is 1. The van der Waals surface area contributed by atoms with Crippen molar-refractivity contribution in [3.05, 3.63) is 23.8 Å². The summed E-state index contributed by atoms with van der Waals surface area (Å²) in [6.07, 6.45) is 11.9. The van der Waals surface area contributed by atoms with Gasteiger partial charge in [0.05, 0.1) is 0 Å². The largest absolute Gasteiger partial charge is 0.481 e. The molecule has 1 N–H and O–H groups in total. The second-order valence-corrected chi connectivity index (χ2v) is 8.32. The molecule has 2 heteroatoms. The van der Waals surface area contributed by atoms with Crippen LogP contribution in [0, 0.1) is 28.6 Å². The van der Waals surface area contributed by atoms with E-state index >= 15 is 0 Å². The monoisotopic (exact) mass is 304 g/mol. The smallest absolute Gasteiger partial charge is 0.303 e. The first kappa shape index (κ1) is 17.3. The van der Waals surface area contributed by atoms with E-state index in [1.165, 1.54) is 18.4 Å². The van der Waals surface area contributed by atoms with Gasteiger partial charge in [-0.3, -0.25) is 4.79 Å². The molecule has 2 nitrogen and oxygen atoms in total. The molecule has 0 unspecified atom stereocenters. The fourth-order valence-corrected chi connectivity index (χ4v) is 4.77. The van der Waals surface area contributed by atoms with Gasteiger partial charge in [0, 0.05) is 6.42 Å². The molecule has 0 radical (unpaired) electrons. The van der Waals surface area contributed by atoms with Crippen LogP contribution in [0.4, 0.5) is 0 Å². The summed E-state index contributed by atoms with van der Waals surface area (Å²) in [6, 6.07) is 0. The summed E-state index contributed by atoms with van der Waals surface area (Å²) in [4.78, 5) is 10.9. The van der Waals surface area contributed by atoms with E-state index in [9.17, 15) is 4.79 Å². The van der Waals surface area contributed by atoms with Crippen LogP contribution in [0.5, 0.6) is 0 Å². The molecule has 1 saturated carbocycles. The first-order valence-electron chi connectivity index (χ1n) is 8.77. The van der Waals surface area contributed by atoms with E-state index in [0.29, 0.717) is 18.3 Å². The maximum atomic E-state index is 10.9. The number of rotatable bonds is 5. The molecular formula is C20H32O2. The molecule has 0 bridgehead atoms. The highest BCUT2D eigenvalue weighted by atomic mass is 16.4. The zero-order valence-electron chi connectivity index (χ0n) is 14.9. The third kappa shape index (κ3) is 3.02. The van der Waals surface area contributed by atoms with Gasteiger partial charge in [0.2, 0.25) is 0 Å². The number of carboxylic acid groups (broad SMARTS) is 1. The summed E-state index contributed by atoms with van der Waals surface area (Å²) in [7, 11) is 0. The average molecular weight is 304 g/mol. The Kier molecular flexibility index (Phi) is 4.89. The minimum absolute atomic E-state index is 0.263. The number of allylic oxidation sites excluding steroid dienone is 4. The van der Waals surface area contributed by atoms with Gasteiger partial charge < -0.3 is 5.11 Å². The zero-order chi connectivity index (χ0) is 16.5. The lowest BCUT2D eigenvalue weighted by Crippen LogP contribution is -2.48. The topological polar surface area (TPSA) is 37.3 Å². The van der Waals surface area contributed by atoms with Gasteiger partial charge >= 0.3 is 5.97 Å². The molecule has 0 amide bonds. The molecule has 0 spiro atoms. The van der Waals surface area contributed by atoms with Crippen LogP contribution in [-0.2, 0) is 4.79 Å². The fourth-order valence-electron chi connectivity index (χ4n) is 4.77. The van der Waals surface area contributed by atoms with Crippen molar-refractivity contribution in [1.29, 1.82) is 0 Å². The van der Waals surface area contributed by atoms with Crippen LogP contribution >= 0.6 is 0 Å². The second kappa shape index (κ2) is 6.22. The van der Waals surface area contributed by atoms with E-state index in [2.05, 4.69) is 52.8 Å². The molecule has 22 heavy (non-hydrogen) atoms. The number of carbonyl (C=O) groups is 1. The number of hydrogen-bond acceptors (Lipinski definition) is 1. The Morgan fingerprint density at radius 1 is 1.45 bits per heavy atom. The SMILES string of the molecule is CC1=CC=C[C@@H]2[C@@](C)(CC[C@@H](C)CC(=O)O)[C@H](C)CC[C@@]12C. The van der Waals surface area contributed by atoms with Gasteiger partial charge in [-0.1, -0.05) is 51.5 Å². The van der Waals surface area contributed by atoms with Crippen molar-refractivity contribution in [2.24, 2.45) is 28.6 Å². The predicted molar refractivity (Wildman–Crippen MR) is 91.6 cm³/mol. The van der Waals surface area contributed by atoms with Gasteiger partial charge in [0.1, 0.15) is 0 Å². The molecule has 0 aromatic carbocycles. The third-order valence-corrected chi connectivity index (χ3v) is 6.87. The lowest BCUT2D eigenvalue weighted by Gasteiger charge is -2.56. The summed E-state index contributed by atoms with van der Waals surface area (Å²) in [5, 5.41) is 8.98. The number of carboxylic acids is 1. The average Bonchev–Trinajstić information content (AvgIpc) is 2.43. The first-order chi connectivity index (χ1) is 10.2. The summed E-state index contributed by atoms with van der Waals surface area (Å²) in [6.45, 7) is 11.6. The van der Waals surface area contributed by atoms with Crippen LogP contribution in [0.1, 0.15) is 66.7 Å². The number of fused-ring (bicyclic) bond motifs is 1.